The van der Waals surface area contributed by atoms with E-state index in [1.165, 1.54) is 11.1 Å². The third kappa shape index (κ3) is 3.92. The number of rotatable bonds is 7. The molecule has 0 spiro atoms. The predicted molar refractivity (Wildman–Crippen MR) is 82.1 cm³/mol. The van der Waals surface area contributed by atoms with Gasteiger partial charge in [-0.05, 0) is 25.5 Å². The Morgan fingerprint density at radius 2 is 2.05 bits per heavy atom. The second-order valence-corrected chi connectivity index (χ2v) is 5.22. The van der Waals surface area contributed by atoms with E-state index in [-0.39, 0.29) is 0 Å². The van der Waals surface area contributed by atoms with E-state index in [1.807, 2.05) is 17.9 Å². The van der Waals surface area contributed by atoms with E-state index in [1.54, 1.807) is 0 Å². The number of nitrogens with zero attached hydrogens (tertiary/aromatic N) is 3. The Balaban J connectivity index is 2.10. The van der Waals surface area contributed by atoms with Crippen molar-refractivity contribution in [3.05, 3.63) is 53.9 Å². The standard InChI is InChI=1S/C16H24N4/c1-14(16-11-18-19(2)13-16)20(10-6-9-17)12-15-7-4-3-5-8-15/h3-5,7-8,11,13-14H,6,9-10,12,17H2,1-2H3. The van der Waals surface area contributed by atoms with Crippen molar-refractivity contribution in [1.82, 2.24) is 14.7 Å². The summed E-state index contributed by atoms with van der Waals surface area (Å²) >= 11 is 0. The van der Waals surface area contributed by atoms with Crippen LogP contribution in [0.5, 0.6) is 0 Å². The number of benzene rings is 1. The summed E-state index contributed by atoms with van der Waals surface area (Å²) in [6, 6.07) is 10.9. The fourth-order valence-electron chi connectivity index (χ4n) is 2.39. The molecule has 0 radical (unpaired) electrons. The first-order valence-electron chi connectivity index (χ1n) is 7.17. The Labute approximate surface area is 121 Å². The van der Waals surface area contributed by atoms with Crippen LogP contribution < -0.4 is 5.73 Å². The molecule has 0 bridgehead atoms. The van der Waals surface area contributed by atoms with E-state index in [4.69, 9.17) is 5.73 Å². The molecule has 1 aromatic carbocycles. The third-order valence-electron chi connectivity index (χ3n) is 3.63. The molecule has 4 heteroatoms. The van der Waals surface area contributed by atoms with Crippen LogP contribution in [-0.2, 0) is 13.6 Å². The topological polar surface area (TPSA) is 47.1 Å². The summed E-state index contributed by atoms with van der Waals surface area (Å²) in [5.41, 5.74) is 8.25. The molecule has 1 unspecified atom stereocenters. The summed E-state index contributed by atoms with van der Waals surface area (Å²) in [5.74, 6) is 0. The van der Waals surface area contributed by atoms with Gasteiger partial charge in [-0.3, -0.25) is 9.58 Å². The largest absolute Gasteiger partial charge is 0.330 e. The van der Waals surface area contributed by atoms with Gasteiger partial charge in [-0.15, -0.1) is 0 Å². The number of nitrogens with two attached hydrogens (primary N) is 1. The minimum Gasteiger partial charge on any atom is -0.330 e. The fraction of sp³-hybridized carbons (Fsp3) is 0.438. The zero-order chi connectivity index (χ0) is 14.4. The summed E-state index contributed by atoms with van der Waals surface area (Å²) in [6.07, 6.45) is 5.05. The lowest BCUT2D eigenvalue weighted by Crippen LogP contribution is -2.28. The number of hydrogen-bond donors (Lipinski definition) is 1. The number of hydrogen-bond acceptors (Lipinski definition) is 3. The van der Waals surface area contributed by atoms with Gasteiger partial charge in [0.15, 0.2) is 0 Å². The first-order chi connectivity index (χ1) is 9.70. The summed E-state index contributed by atoms with van der Waals surface area (Å²) in [6.45, 7) is 4.90. The van der Waals surface area contributed by atoms with Crippen molar-refractivity contribution in [2.24, 2.45) is 12.8 Å². The van der Waals surface area contributed by atoms with Crippen molar-refractivity contribution in [1.29, 1.82) is 0 Å². The molecule has 0 saturated heterocycles. The highest BCUT2D eigenvalue weighted by Gasteiger charge is 2.17. The molecular formula is C16H24N4. The molecule has 0 aliphatic carbocycles. The molecule has 20 heavy (non-hydrogen) atoms. The van der Waals surface area contributed by atoms with Crippen molar-refractivity contribution in [2.45, 2.75) is 25.9 Å². The lowest BCUT2D eigenvalue weighted by Gasteiger charge is -2.28. The number of aryl methyl sites for hydroxylation is 1. The van der Waals surface area contributed by atoms with E-state index in [0.717, 1.165) is 26.1 Å². The highest BCUT2D eigenvalue weighted by Crippen LogP contribution is 2.22. The first kappa shape index (κ1) is 14.8. The molecule has 1 aromatic heterocycles. The lowest BCUT2D eigenvalue weighted by atomic mass is 10.1. The van der Waals surface area contributed by atoms with Gasteiger partial charge >= 0.3 is 0 Å². The molecular weight excluding hydrogens is 248 g/mol. The van der Waals surface area contributed by atoms with Crippen molar-refractivity contribution in [3.63, 3.8) is 0 Å². The second-order valence-electron chi connectivity index (χ2n) is 5.22. The molecule has 0 aliphatic rings. The molecule has 2 N–H and O–H groups in total. The summed E-state index contributed by atoms with van der Waals surface area (Å²) in [5, 5.41) is 4.27. The maximum absolute atomic E-state index is 5.67. The smallest absolute Gasteiger partial charge is 0.0537 e. The Kier molecular flexibility index (Phi) is 5.32. The van der Waals surface area contributed by atoms with Gasteiger partial charge in [0.25, 0.3) is 0 Å². The van der Waals surface area contributed by atoms with Crippen LogP contribution in [0.25, 0.3) is 0 Å². The van der Waals surface area contributed by atoms with Crippen LogP contribution in [0.4, 0.5) is 0 Å². The van der Waals surface area contributed by atoms with Gasteiger partial charge in [0, 0.05) is 37.9 Å². The Morgan fingerprint density at radius 3 is 2.65 bits per heavy atom. The summed E-state index contributed by atoms with van der Waals surface area (Å²) < 4.78 is 1.86. The van der Waals surface area contributed by atoms with Gasteiger partial charge in [-0.1, -0.05) is 30.3 Å². The molecule has 2 aromatic rings. The molecule has 0 saturated carbocycles. The van der Waals surface area contributed by atoms with Crippen LogP contribution >= 0.6 is 0 Å². The van der Waals surface area contributed by atoms with E-state index in [9.17, 15) is 0 Å². The molecule has 2 rings (SSSR count). The van der Waals surface area contributed by atoms with E-state index >= 15 is 0 Å². The van der Waals surface area contributed by atoms with Gasteiger partial charge in [-0.25, -0.2) is 0 Å². The average Bonchev–Trinajstić information content (AvgIpc) is 2.90. The zero-order valence-electron chi connectivity index (χ0n) is 12.4. The van der Waals surface area contributed by atoms with Crippen LogP contribution in [0.2, 0.25) is 0 Å². The molecule has 0 amide bonds. The second kappa shape index (κ2) is 7.22. The van der Waals surface area contributed by atoms with Crippen LogP contribution in [0.1, 0.15) is 30.5 Å². The van der Waals surface area contributed by atoms with Gasteiger partial charge in [0.1, 0.15) is 0 Å². The van der Waals surface area contributed by atoms with E-state index in [2.05, 4.69) is 53.5 Å². The van der Waals surface area contributed by atoms with Crippen molar-refractivity contribution >= 4 is 0 Å². The van der Waals surface area contributed by atoms with E-state index < -0.39 is 0 Å². The van der Waals surface area contributed by atoms with Crippen molar-refractivity contribution in [2.75, 3.05) is 13.1 Å². The molecule has 108 valence electrons. The predicted octanol–water partition coefficient (Wildman–Crippen LogP) is 2.33. The summed E-state index contributed by atoms with van der Waals surface area (Å²) in [7, 11) is 1.96. The van der Waals surface area contributed by atoms with Gasteiger partial charge in [-0.2, -0.15) is 5.10 Å². The van der Waals surface area contributed by atoms with Gasteiger partial charge in [0.2, 0.25) is 0 Å². The first-order valence-corrected chi connectivity index (χ1v) is 7.17. The fourth-order valence-corrected chi connectivity index (χ4v) is 2.39. The molecule has 1 atom stereocenters. The Hall–Kier alpha value is -1.65. The van der Waals surface area contributed by atoms with Gasteiger partial charge in [0.05, 0.1) is 6.20 Å². The van der Waals surface area contributed by atoms with Crippen molar-refractivity contribution < 1.29 is 0 Å². The minimum atomic E-state index is 0.343. The van der Waals surface area contributed by atoms with Crippen LogP contribution in [0.3, 0.4) is 0 Å². The third-order valence-corrected chi connectivity index (χ3v) is 3.63. The highest BCUT2D eigenvalue weighted by atomic mass is 15.2. The lowest BCUT2D eigenvalue weighted by molar-refractivity contribution is 0.200. The van der Waals surface area contributed by atoms with Crippen LogP contribution in [0, 0.1) is 0 Å². The monoisotopic (exact) mass is 272 g/mol. The quantitative estimate of drug-likeness (QED) is 0.841. The summed E-state index contributed by atoms with van der Waals surface area (Å²) in [4.78, 5) is 2.46. The molecule has 0 fully saturated rings. The van der Waals surface area contributed by atoms with Crippen LogP contribution in [-0.4, -0.2) is 27.8 Å². The molecule has 1 heterocycles. The normalized spacial score (nSPS) is 12.8. The maximum Gasteiger partial charge on any atom is 0.0537 e. The SMILES string of the molecule is CC(c1cnn(C)c1)N(CCCN)Cc1ccccc1. The number of aromatic nitrogens is 2. The average molecular weight is 272 g/mol. The Morgan fingerprint density at radius 1 is 1.30 bits per heavy atom. The highest BCUT2D eigenvalue weighted by molar-refractivity contribution is 5.16. The molecule has 0 aliphatic heterocycles. The Bertz CT molecular complexity index is 506. The van der Waals surface area contributed by atoms with Gasteiger partial charge < -0.3 is 5.73 Å². The zero-order valence-corrected chi connectivity index (χ0v) is 12.4. The minimum absolute atomic E-state index is 0.343. The maximum atomic E-state index is 5.67. The molecule has 4 nitrogen and oxygen atoms in total. The van der Waals surface area contributed by atoms with Crippen LogP contribution in [0.15, 0.2) is 42.7 Å². The van der Waals surface area contributed by atoms with Crippen molar-refractivity contribution in [3.8, 4) is 0 Å². The van der Waals surface area contributed by atoms with E-state index in [0.29, 0.717) is 6.04 Å².